The number of urea groups is 1. The number of fused-ring (bicyclic) bond motifs is 1. The van der Waals surface area contributed by atoms with Crippen molar-refractivity contribution in [3.63, 3.8) is 0 Å². The van der Waals surface area contributed by atoms with E-state index in [1.807, 2.05) is 36.1 Å². The summed E-state index contributed by atoms with van der Waals surface area (Å²) in [5, 5.41) is 3.61. The normalized spacial score (nSPS) is 23.0. The number of amides is 2. The summed E-state index contributed by atoms with van der Waals surface area (Å²) in [6.07, 6.45) is 4.64. The van der Waals surface area contributed by atoms with Crippen LogP contribution in [-0.4, -0.2) is 74.4 Å². The van der Waals surface area contributed by atoms with Gasteiger partial charge in [0.25, 0.3) is 0 Å². The molecule has 39 heavy (non-hydrogen) atoms. The first kappa shape index (κ1) is 28.1. The van der Waals surface area contributed by atoms with E-state index in [-0.39, 0.29) is 6.03 Å². The monoisotopic (exact) mass is 570 g/mol. The number of allylic oxidation sites excluding steroid dienone is 1. The summed E-state index contributed by atoms with van der Waals surface area (Å²) >= 11 is 6.14. The van der Waals surface area contributed by atoms with Crippen LogP contribution >= 0.6 is 11.6 Å². The fraction of sp³-hybridized carbons (Fsp3) is 0.500. The van der Waals surface area contributed by atoms with E-state index in [1.165, 1.54) is 12.0 Å². The van der Waals surface area contributed by atoms with Gasteiger partial charge in [0.05, 0.1) is 4.90 Å². The quantitative estimate of drug-likeness (QED) is 0.427. The van der Waals surface area contributed by atoms with Gasteiger partial charge in [-0.05, 0) is 67.3 Å². The lowest BCUT2D eigenvalue weighted by atomic mass is 9.49. The molecule has 3 aliphatic carbocycles. The van der Waals surface area contributed by atoms with E-state index < -0.39 is 10.0 Å². The smallest absolute Gasteiger partial charge is 0.319 e. The predicted octanol–water partition coefficient (Wildman–Crippen LogP) is 5.48. The van der Waals surface area contributed by atoms with Gasteiger partial charge in [0.2, 0.25) is 10.0 Å². The van der Waals surface area contributed by atoms with Crippen LogP contribution in [0.4, 0.5) is 10.5 Å². The average Bonchev–Trinajstić information content (AvgIpc) is 2.91. The Kier molecular flexibility index (Phi) is 8.11. The predicted molar refractivity (Wildman–Crippen MR) is 156 cm³/mol. The number of piperazine rings is 1. The van der Waals surface area contributed by atoms with Crippen molar-refractivity contribution in [1.29, 1.82) is 0 Å². The zero-order valence-electron chi connectivity index (χ0n) is 23.1. The summed E-state index contributed by atoms with van der Waals surface area (Å²) in [5.41, 5.74) is 3.36. The molecule has 1 saturated heterocycles. The van der Waals surface area contributed by atoms with Gasteiger partial charge in [-0.25, -0.2) is 13.2 Å². The number of benzene rings is 2. The Hall–Kier alpha value is -2.39. The molecule has 4 aliphatic rings. The Morgan fingerprint density at radius 3 is 2.46 bits per heavy atom. The van der Waals surface area contributed by atoms with Crippen LogP contribution in [0.15, 0.2) is 65.1 Å². The standard InChI is InChI=1S/C30H39ClN4O3S/c1-22-7-11-27(12-8-22)39(37,38)35-17-14-33(15-18-35)13-16-34(29(36)32-26-6-4-5-25(31)20-26)21-23-9-10-24-19-28(23)30(24,2)3/h4-9,11-12,20,24,28H,10,13-19,21H2,1-3H3,(H,32,36). The third-order valence-corrected chi connectivity index (χ3v) is 11.1. The third-order valence-electron chi connectivity index (χ3n) is 9.00. The number of nitrogens with one attached hydrogen (secondary N) is 1. The molecule has 2 aromatic carbocycles. The Bertz CT molecular complexity index is 1330. The zero-order chi connectivity index (χ0) is 27.8. The fourth-order valence-corrected chi connectivity index (χ4v) is 7.82. The molecule has 9 heteroatoms. The van der Waals surface area contributed by atoms with E-state index >= 15 is 0 Å². The number of hydrogen-bond acceptors (Lipinski definition) is 4. The molecule has 0 aromatic heterocycles. The van der Waals surface area contributed by atoms with E-state index in [2.05, 4.69) is 30.1 Å². The molecule has 2 aromatic rings. The van der Waals surface area contributed by atoms with Crippen LogP contribution in [-0.2, 0) is 10.0 Å². The van der Waals surface area contributed by atoms with E-state index in [0.29, 0.717) is 72.8 Å². The molecule has 2 amide bonds. The first-order valence-electron chi connectivity index (χ1n) is 13.8. The Morgan fingerprint density at radius 1 is 1.10 bits per heavy atom. The van der Waals surface area contributed by atoms with Crippen LogP contribution in [0.1, 0.15) is 32.3 Å². The molecule has 0 radical (unpaired) electrons. The molecule has 7 nitrogen and oxygen atoms in total. The van der Waals surface area contributed by atoms with Gasteiger partial charge in [-0.3, -0.25) is 4.90 Å². The topological polar surface area (TPSA) is 73.0 Å². The molecule has 2 unspecified atom stereocenters. The molecule has 210 valence electrons. The molecule has 6 rings (SSSR count). The highest BCUT2D eigenvalue weighted by molar-refractivity contribution is 7.89. The van der Waals surface area contributed by atoms with Crippen molar-refractivity contribution in [3.8, 4) is 0 Å². The van der Waals surface area contributed by atoms with Crippen LogP contribution in [0.5, 0.6) is 0 Å². The second kappa shape index (κ2) is 11.2. The van der Waals surface area contributed by atoms with Crippen LogP contribution < -0.4 is 5.32 Å². The first-order chi connectivity index (χ1) is 18.5. The maximum atomic E-state index is 13.5. The van der Waals surface area contributed by atoms with E-state index in [0.717, 1.165) is 17.9 Å². The number of carbonyl (C=O) groups excluding carboxylic acids is 1. The first-order valence-corrected chi connectivity index (χ1v) is 15.7. The van der Waals surface area contributed by atoms with Crippen molar-refractivity contribution in [1.82, 2.24) is 14.1 Å². The maximum Gasteiger partial charge on any atom is 0.322 e. The van der Waals surface area contributed by atoms with Crippen LogP contribution in [0.2, 0.25) is 5.02 Å². The van der Waals surface area contributed by atoms with Gasteiger partial charge in [0.15, 0.2) is 0 Å². The Balaban J connectivity index is 1.22. The number of anilines is 1. The number of halogens is 1. The SMILES string of the molecule is Cc1ccc(S(=O)(=O)N2CCN(CCN(CC3=CCC4CC3C4(C)C)C(=O)Nc3cccc(Cl)c3)CC2)cc1. The summed E-state index contributed by atoms with van der Waals surface area (Å²) in [7, 11) is -3.50. The van der Waals surface area contributed by atoms with Crippen molar-refractivity contribution >= 4 is 33.3 Å². The molecule has 0 spiro atoms. The van der Waals surface area contributed by atoms with Gasteiger partial charge < -0.3 is 10.2 Å². The van der Waals surface area contributed by atoms with E-state index in [9.17, 15) is 13.2 Å². The largest absolute Gasteiger partial charge is 0.322 e. The third kappa shape index (κ3) is 6.04. The van der Waals surface area contributed by atoms with Gasteiger partial charge >= 0.3 is 6.03 Å². The fourth-order valence-electron chi connectivity index (χ4n) is 6.21. The Morgan fingerprint density at radius 2 is 1.82 bits per heavy atom. The van der Waals surface area contributed by atoms with Gasteiger partial charge in [0.1, 0.15) is 0 Å². The van der Waals surface area contributed by atoms with Crippen LogP contribution in [0.25, 0.3) is 0 Å². The lowest BCUT2D eigenvalue weighted by Crippen LogP contribution is -2.52. The highest BCUT2D eigenvalue weighted by Gasteiger charge is 2.51. The molecule has 2 fully saturated rings. The molecule has 2 atom stereocenters. The van der Waals surface area contributed by atoms with Crippen molar-refractivity contribution in [2.24, 2.45) is 17.3 Å². The number of hydrogen-bond donors (Lipinski definition) is 1. The summed E-state index contributed by atoms with van der Waals surface area (Å²) in [4.78, 5) is 17.9. The minimum atomic E-state index is -3.50. The zero-order valence-corrected chi connectivity index (χ0v) is 24.6. The Labute approximate surface area is 237 Å². The number of nitrogens with zero attached hydrogens (tertiary/aromatic N) is 3. The average molecular weight is 571 g/mol. The number of rotatable bonds is 8. The van der Waals surface area contributed by atoms with Crippen LogP contribution in [0.3, 0.4) is 0 Å². The van der Waals surface area contributed by atoms with E-state index in [4.69, 9.17) is 11.6 Å². The summed E-state index contributed by atoms with van der Waals surface area (Å²) in [5.74, 6) is 1.26. The highest BCUT2D eigenvalue weighted by Crippen LogP contribution is 2.59. The molecule has 1 saturated carbocycles. The van der Waals surface area contributed by atoms with Gasteiger partial charge in [-0.1, -0.05) is 60.9 Å². The minimum Gasteiger partial charge on any atom is -0.319 e. The number of carbonyl (C=O) groups is 1. The molecule has 1 heterocycles. The lowest BCUT2D eigenvalue weighted by Gasteiger charge is -2.57. The number of sulfonamides is 1. The molecule has 2 bridgehead atoms. The van der Waals surface area contributed by atoms with Crippen molar-refractivity contribution in [2.75, 3.05) is 51.1 Å². The van der Waals surface area contributed by atoms with Crippen molar-refractivity contribution in [3.05, 3.63) is 70.8 Å². The lowest BCUT2D eigenvalue weighted by molar-refractivity contribution is -0.00967. The second-order valence-electron chi connectivity index (χ2n) is 11.7. The minimum absolute atomic E-state index is 0.141. The van der Waals surface area contributed by atoms with Crippen molar-refractivity contribution < 1.29 is 13.2 Å². The van der Waals surface area contributed by atoms with Crippen molar-refractivity contribution in [2.45, 2.75) is 38.5 Å². The number of aryl methyl sites for hydroxylation is 1. The molecule has 1 N–H and O–H groups in total. The van der Waals surface area contributed by atoms with Crippen LogP contribution in [0, 0.1) is 24.2 Å². The summed E-state index contributed by atoms with van der Waals surface area (Å²) in [6, 6.07) is 14.1. The van der Waals surface area contributed by atoms with Gasteiger partial charge in [-0.15, -0.1) is 0 Å². The summed E-state index contributed by atoms with van der Waals surface area (Å²) in [6.45, 7) is 10.6. The second-order valence-corrected chi connectivity index (χ2v) is 14.1. The van der Waals surface area contributed by atoms with E-state index in [1.54, 1.807) is 28.6 Å². The van der Waals surface area contributed by atoms with Gasteiger partial charge in [-0.2, -0.15) is 4.31 Å². The molecular formula is C30H39ClN4O3S. The van der Waals surface area contributed by atoms with Gasteiger partial charge in [0, 0.05) is 56.5 Å². The molecule has 1 aliphatic heterocycles. The summed E-state index contributed by atoms with van der Waals surface area (Å²) < 4.78 is 27.8. The highest BCUT2D eigenvalue weighted by atomic mass is 35.5. The maximum absolute atomic E-state index is 13.5. The molecular weight excluding hydrogens is 532 g/mol.